The Morgan fingerprint density at radius 3 is 2.61 bits per heavy atom. The minimum atomic E-state index is -1.14. The van der Waals surface area contributed by atoms with Crippen LogP contribution in [0.3, 0.4) is 0 Å². The fourth-order valence-corrected chi connectivity index (χ4v) is 6.64. The van der Waals surface area contributed by atoms with Crippen molar-refractivity contribution in [2.75, 3.05) is 6.61 Å². The molecule has 4 nitrogen and oxygen atoms in total. The number of nitrogens with zero attached hydrogens (tertiary/aromatic N) is 1. The van der Waals surface area contributed by atoms with Gasteiger partial charge in [0.1, 0.15) is 12.8 Å². The van der Waals surface area contributed by atoms with E-state index in [1.807, 2.05) is 18.2 Å². The summed E-state index contributed by atoms with van der Waals surface area (Å²) in [5, 5.41) is 1.39. The van der Waals surface area contributed by atoms with Crippen LogP contribution in [0.2, 0.25) is 25.7 Å². The van der Waals surface area contributed by atoms with Crippen molar-refractivity contribution < 1.29 is 14.3 Å². The van der Waals surface area contributed by atoms with Gasteiger partial charge in [-0.3, -0.25) is 4.79 Å². The summed E-state index contributed by atoms with van der Waals surface area (Å²) in [4.78, 5) is 13.9. The standard InChI is InChI=1S/C27H31NO3SSi/c1-33(2,3)14-13-30-18-28-23-12-8-7-9-19(23)15-24(28)21-16-22-26(17-25(21)31-27(22)29)32-20-10-5-4-6-11-20/h4-12,15-16,22,25-26H,13-14,17-18H2,1-3H3/t22-,25-,26-/m1/s1. The van der Waals surface area contributed by atoms with Gasteiger partial charge in [0, 0.05) is 42.2 Å². The third-order valence-electron chi connectivity index (χ3n) is 6.44. The molecule has 2 aromatic carbocycles. The van der Waals surface area contributed by atoms with Crippen LogP contribution in [0, 0.1) is 5.92 Å². The predicted molar refractivity (Wildman–Crippen MR) is 138 cm³/mol. The molecule has 3 aliphatic rings. The highest BCUT2D eigenvalue weighted by Gasteiger charge is 2.45. The Morgan fingerprint density at radius 2 is 1.85 bits per heavy atom. The molecule has 2 aliphatic heterocycles. The zero-order chi connectivity index (χ0) is 23.0. The van der Waals surface area contributed by atoms with Crippen LogP contribution in [0.15, 0.2) is 71.6 Å². The number of carbonyl (C=O) groups excluding carboxylic acids is 1. The van der Waals surface area contributed by atoms with Crippen LogP contribution in [-0.4, -0.2) is 36.6 Å². The van der Waals surface area contributed by atoms with Gasteiger partial charge in [-0.2, -0.15) is 0 Å². The van der Waals surface area contributed by atoms with E-state index in [9.17, 15) is 4.79 Å². The summed E-state index contributed by atoms with van der Waals surface area (Å²) in [6.07, 6.45) is 2.78. The molecule has 0 N–H and O–H groups in total. The van der Waals surface area contributed by atoms with E-state index in [-0.39, 0.29) is 23.2 Å². The largest absolute Gasteiger partial charge is 0.457 e. The summed E-state index contributed by atoms with van der Waals surface area (Å²) in [5.74, 6) is -0.327. The SMILES string of the molecule is C[Si](C)(C)CCOCn1c(C2=C[C@H]3C(=O)O[C@@H]2C[C@H]3Sc2ccccc2)cc2ccccc21. The van der Waals surface area contributed by atoms with Gasteiger partial charge in [0.2, 0.25) is 0 Å². The molecule has 0 unspecified atom stereocenters. The molecule has 6 rings (SSSR count). The smallest absolute Gasteiger partial charge is 0.314 e. The summed E-state index contributed by atoms with van der Waals surface area (Å²) >= 11 is 1.78. The normalized spacial score (nSPS) is 22.5. The minimum absolute atomic E-state index is 0.0996. The molecule has 0 spiro atoms. The van der Waals surface area contributed by atoms with Crippen molar-refractivity contribution in [3.05, 3.63) is 72.4 Å². The lowest BCUT2D eigenvalue weighted by Crippen LogP contribution is -2.44. The van der Waals surface area contributed by atoms with Crippen LogP contribution in [0.1, 0.15) is 12.1 Å². The third-order valence-corrected chi connectivity index (χ3v) is 9.47. The molecule has 33 heavy (non-hydrogen) atoms. The Hall–Kier alpha value is -2.28. The van der Waals surface area contributed by atoms with Crippen LogP contribution < -0.4 is 0 Å². The van der Waals surface area contributed by atoms with Crippen molar-refractivity contribution in [1.29, 1.82) is 0 Å². The van der Waals surface area contributed by atoms with Crippen molar-refractivity contribution in [3.8, 4) is 0 Å². The van der Waals surface area contributed by atoms with E-state index in [1.54, 1.807) is 11.8 Å². The summed E-state index contributed by atoms with van der Waals surface area (Å²) in [7, 11) is -1.14. The Morgan fingerprint density at radius 1 is 1.09 bits per heavy atom. The average molecular weight is 478 g/mol. The Kier molecular flexibility index (Phi) is 6.25. The monoisotopic (exact) mass is 477 g/mol. The number of benzene rings is 2. The molecule has 1 fully saturated rings. The molecular formula is C27H31NO3SSi. The molecule has 6 heteroatoms. The summed E-state index contributed by atoms with van der Waals surface area (Å²) < 4.78 is 14.3. The van der Waals surface area contributed by atoms with Crippen LogP contribution in [0.4, 0.5) is 0 Å². The zero-order valence-electron chi connectivity index (χ0n) is 19.5. The molecule has 3 aromatic rings. The van der Waals surface area contributed by atoms with E-state index in [1.165, 1.54) is 10.3 Å². The molecule has 1 aromatic heterocycles. The molecule has 0 saturated carbocycles. The Labute approximate surface area is 201 Å². The molecule has 0 amide bonds. The van der Waals surface area contributed by atoms with Crippen molar-refractivity contribution in [2.45, 2.75) is 55.1 Å². The molecule has 3 heterocycles. The van der Waals surface area contributed by atoms with Gasteiger partial charge in [0.15, 0.2) is 0 Å². The highest BCUT2D eigenvalue weighted by Crippen LogP contribution is 2.45. The van der Waals surface area contributed by atoms with Gasteiger partial charge in [0.05, 0.1) is 17.1 Å². The van der Waals surface area contributed by atoms with Crippen LogP contribution >= 0.6 is 11.8 Å². The average Bonchev–Trinajstić information content (AvgIpc) is 3.15. The number of carbonyl (C=O) groups is 1. The Balaban J connectivity index is 1.43. The second-order valence-electron chi connectivity index (χ2n) is 10.1. The van der Waals surface area contributed by atoms with Gasteiger partial charge in [-0.25, -0.2) is 0 Å². The van der Waals surface area contributed by atoms with Crippen LogP contribution in [0.25, 0.3) is 16.5 Å². The number of para-hydroxylation sites is 1. The molecule has 1 aliphatic carbocycles. The quantitative estimate of drug-likeness (QED) is 0.213. The second-order valence-corrected chi connectivity index (χ2v) is 17.1. The number of fused-ring (bicyclic) bond motifs is 3. The number of aromatic nitrogens is 1. The predicted octanol–water partition coefficient (Wildman–Crippen LogP) is 6.44. The first-order chi connectivity index (χ1) is 15.9. The second kappa shape index (κ2) is 9.16. The van der Waals surface area contributed by atoms with Gasteiger partial charge >= 0.3 is 5.97 Å². The maximum atomic E-state index is 12.7. The topological polar surface area (TPSA) is 40.5 Å². The fourth-order valence-electron chi connectivity index (χ4n) is 4.61. The Bertz CT molecular complexity index is 1180. The maximum Gasteiger partial charge on any atom is 0.314 e. The lowest BCUT2D eigenvalue weighted by Gasteiger charge is -2.40. The number of thioether (sulfide) groups is 1. The minimum Gasteiger partial charge on any atom is -0.457 e. The molecule has 0 radical (unpaired) electrons. The van der Waals surface area contributed by atoms with E-state index in [4.69, 9.17) is 9.47 Å². The van der Waals surface area contributed by atoms with Crippen molar-refractivity contribution in [1.82, 2.24) is 4.57 Å². The summed E-state index contributed by atoms with van der Waals surface area (Å²) in [6.45, 7) is 8.40. The van der Waals surface area contributed by atoms with Crippen LogP contribution in [-0.2, 0) is 21.0 Å². The number of hydrogen-bond acceptors (Lipinski definition) is 4. The number of esters is 1. The van der Waals surface area contributed by atoms with Gasteiger partial charge in [-0.1, -0.05) is 62.1 Å². The van der Waals surface area contributed by atoms with E-state index in [0.717, 1.165) is 35.9 Å². The number of hydrogen-bond donors (Lipinski definition) is 0. The van der Waals surface area contributed by atoms with Crippen LogP contribution in [0.5, 0.6) is 0 Å². The molecule has 1 saturated heterocycles. The number of rotatable bonds is 8. The van der Waals surface area contributed by atoms with Crippen molar-refractivity contribution in [2.24, 2.45) is 5.92 Å². The first-order valence-electron chi connectivity index (χ1n) is 11.7. The first-order valence-corrected chi connectivity index (χ1v) is 16.3. The van der Waals surface area contributed by atoms with E-state index >= 15 is 0 Å². The van der Waals surface area contributed by atoms with Gasteiger partial charge < -0.3 is 14.0 Å². The summed E-state index contributed by atoms with van der Waals surface area (Å²) in [6, 6.07) is 22.1. The van der Waals surface area contributed by atoms with Gasteiger partial charge in [-0.05, 0) is 30.3 Å². The summed E-state index contributed by atoms with van der Waals surface area (Å²) in [5.41, 5.74) is 3.38. The molecule has 2 bridgehead atoms. The van der Waals surface area contributed by atoms with Crippen molar-refractivity contribution in [3.63, 3.8) is 0 Å². The molecule has 3 atom stereocenters. The highest BCUT2D eigenvalue weighted by atomic mass is 32.2. The fraction of sp³-hybridized carbons (Fsp3) is 0.370. The first kappa shape index (κ1) is 22.5. The maximum absolute atomic E-state index is 12.7. The van der Waals surface area contributed by atoms with E-state index in [0.29, 0.717) is 6.73 Å². The molecule has 172 valence electrons. The zero-order valence-corrected chi connectivity index (χ0v) is 21.3. The van der Waals surface area contributed by atoms with Crippen molar-refractivity contribution >= 4 is 42.3 Å². The van der Waals surface area contributed by atoms with Gasteiger partial charge in [0.25, 0.3) is 0 Å². The lowest BCUT2D eigenvalue weighted by molar-refractivity contribution is -0.155. The van der Waals surface area contributed by atoms with E-state index in [2.05, 4.69) is 72.7 Å². The van der Waals surface area contributed by atoms with Gasteiger partial charge in [-0.15, -0.1) is 11.8 Å². The highest BCUT2D eigenvalue weighted by molar-refractivity contribution is 8.00. The third kappa shape index (κ3) is 4.83. The van der Waals surface area contributed by atoms with E-state index < -0.39 is 8.07 Å². The number of ether oxygens (including phenoxy) is 2. The lowest BCUT2D eigenvalue weighted by atomic mass is 9.83. The molecular weight excluding hydrogens is 446 g/mol.